The van der Waals surface area contributed by atoms with Gasteiger partial charge < -0.3 is 0 Å². The van der Waals surface area contributed by atoms with Crippen molar-refractivity contribution in [3.8, 4) is 0 Å². The van der Waals surface area contributed by atoms with E-state index in [0.29, 0.717) is 39.1 Å². The molecule has 0 bridgehead atoms. The van der Waals surface area contributed by atoms with E-state index in [1.165, 1.54) is 159 Å². The molecule has 0 aromatic carbocycles. The van der Waals surface area contributed by atoms with Crippen LogP contribution in [0.15, 0.2) is 0 Å². The zero-order valence-corrected chi connectivity index (χ0v) is 43.3. The van der Waals surface area contributed by atoms with Crippen LogP contribution in [0.5, 0.6) is 0 Å². The quantitative estimate of drug-likeness (QED) is 0.0256. The van der Waals surface area contributed by atoms with Gasteiger partial charge in [0, 0.05) is 0 Å². The summed E-state index contributed by atoms with van der Waals surface area (Å²) in [5.74, 6) is 2.01. The molecule has 57 heavy (non-hydrogen) atoms. The summed E-state index contributed by atoms with van der Waals surface area (Å²) >= 11 is -3.09. The summed E-state index contributed by atoms with van der Waals surface area (Å²) in [4.78, 5) is 38.4. The Morgan fingerprint density at radius 2 is 0.561 bits per heavy atom. The van der Waals surface area contributed by atoms with E-state index >= 15 is 0 Å². The average molecular weight is 968 g/mol. The molecular formula is C47H92O6S3Sn. The molecule has 0 amide bonds. The van der Waals surface area contributed by atoms with Gasteiger partial charge >= 0.3 is 309 Å². The molecule has 338 valence electrons. The van der Waals surface area contributed by atoms with Crippen LogP contribution >= 0.6 is 26.8 Å². The second-order valence-electron chi connectivity index (χ2n) is 16.1. The molecule has 0 saturated heterocycles. The summed E-state index contributed by atoms with van der Waals surface area (Å²) < 4.78 is 18.2. The van der Waals surface area contributed by atoms with E-state index in [2.05, 4.69) is 27.7 Å². The van der Waals surface area contributed by atoms with Crippen LogP contribution in [0, 0.1) is 0 Å². The molecule has 0 aromatic rings. The van der Waals surface area contributed by atoms with Crippen LogP contribution in [0.4, 0.5) is 0 Å². The van der Waals surface area contributed by atoms with Crippen LogP contribution in [0.3, 0.4) is 0 Å². The molecule has 0 aliphatic rings. The van der Waals surface area contributed by atoms with Crippen LogP contribution in [0.2, 0.25) is 4.44 Å². The zero-order chi connectivity index (χ0) is 41.8. The maximum atomic E-state index is 12.8. The van der Waals surface area contributed by atoms with Crippen molar-refractivity contribution in [3.05, 3.63) is 0 Å². The zero-order valence-electron chi connectivity index (χ0n) is 38.0. The Kier molecular flexibility index (Phi) is 46.0. The number of carbonyl (C=O) groups excluding carboxylic acids is 3. The maximum absolute atomic E-state index is 12.8. The Morgan fingerprint density at radius 1 is 0.333 bits per heavy atom. The van der Waals surface area contributed by atoms with Gasteiger partial charge in [0.25, 0.3) is 0 Å². The Morgan fingerprint density at radius 3 is 0.825 bits per heavy atom. The minimum Gasteiger partial charge on any atom is -0.0654 e. The number of carbonyl (C=O) groups is 3. The van der Waals surface area contributed by atoms with Gasteiger partial charge in [-0.15, -0.1) is 0 Å². The van der Waals surface area contributed by atoms with E-state index in [-0.39, 0.29) is 17.9 Å². The first kappa shape index (κ1) is 57.3. The minimum atomic E-state index is -3.09. The standard InChI is InChI=1S/3C13H26O2S.C8H17.Sn/c3*1-2-3-4-5-6-7-8-9-11-15-13(14)10-12-16;1-3-5-7-8-6-4-2;/h3*16H,2-12H2,1H3;1,3-8H2,2H3;/q;;;;+3/p-3. The van der Waals surface area contributed by atoms with Crippen LogP contribution in [0.25, 0.3) is 0 Å². The van der Waals surface area contributed by atoms with Gasteiger partial charge in [0.05, 0.1) is 0 Å². The number of hydrogen-bond acceptors (Lipinski definition) is 9. The topological polar surface area (TPSA) is 78.9 Å². The number of hydrogen-bond donors (Lipinski definition) is 0. The Bertz CT molecular complexity index is 797. The molecule has 0 unspecified atom stereocenters. The number of unbranched alkanes of at least 4 members (excludes halogenated alkanes) is 26. The van der Waals surface area contributed by atoms with Crippen molar-refractivity contribution in [3.63, 3.8) is 0 Å². The Hall–Kier alpha value is 0.259. The predicted octanol–water partition coefficient (Wildman–Crippen LogP) is 15.7. The van der Waals surface area contributed by atoms with E-state index in [1.807, 2.05) is 26.8 Å². The first-order valence-corrected chi connectivity index (χ1v) is 39.8. The molecule has 0 saturated carbocycles. The van der Waals surface area contributed by atoms with Gasteiger partial charge in [-0.2, -0.15) is 0 Å². The van der Waals surface area contributed by atoms with E-state index in [1.54, 1.807) is 0 Å². The molecule has 6 nitrogen and oxygen atoms in total. The normalized spacial score (nSPS) is 11.6. The molecule has 0 aliphatic heterocycles. The smallest absolute Gasteiger partial charge is 0.0654 e. The van der Waals surface area contributed by atoms with Crippen molar-refractivity contribution in [1.82, 2.24) is 0 Å². The molecule has 0 atom stereocenters. The van der Waals surface area contributed by atoms with Crippen molar-refractivity contribution >= 4 is 59.0 Å². The molecule has 0 aromatic heterocycles. The van der Waals surface area contributed by atoms with Gasteiger partial charge in [0.1, 0.15) is 0 Å². The molecule has 0 spiro atoms. The van der Waals surface area contributed by atoms with Crippen molar-refractivity contribution in [2.75, 3.05) is 37.1 Å². The van der Waals surface area contributed by atoms with Crippen molar-refractivity contribution in [2.45, 2.75) is 244 Å². The van der Waals surface area contributed by atoms with Crippen LogP contribution < -0.4 is 0 Å². The van der Waals surface area contributed by atoms with Gasteiger partial charge in [0.15, 0.2) is 0 Å². The third-order valence-corrected chi connectivity index (χ3v) is 50.7. The van der Waals surface area contributed by atoms with Gasteiger partial charge in [-0.25, -0.2) is 0 Å². The molecule has 0 rings (SSSR count). The number of rotatable bonds is 46. The summed E-state index contributed by atoms with van der Waals surface area (Å²) in [6.45, 7) is 10.6. The summed E-state index contributed by atoms with van der Waals surface area (Å²) in [6, 6.07) is 0. The Labute approximate surface area is 366 Å². The molecule has 10 heteroatoms. The Balaban J connectivity index is 5.12. The van der Waals surface area contributed by atoms with Crippen molar-refractivity contribution < 1.29 is 28.6 Å². The molecular weight excluding hydrogens is 875 g/mol. The van der Waals surface area contributed by atoms with Crippen LogP contribution in [-0.4, -0.2) is 69.2 Å². The molecule has 0 N–H and O–H groups in total. The minimum absolute atomic E-state index is 0.0886. The van der Waals surface area contributed by atoms with E-state index in [9.17, 15) is 14.4 Å². The first-order valence-electron chi connectivity index (χ1n) is 24.3. The van der Waals surface area contributed by atoms with E-state index in [0.717, 1.165) is 55.8 Å². The second kappa shape index (κ2) is 45.8. The third kappa shape index (κ3) is 41.4. The molecule has 0 heterocycles. The van der Waals surface area contributed by atoms with Crippen LogP contribution in [-0.2, 0) is 28.6 Å². The van der Waals surface area contributed by atoms with Crippen LogP contribution in [0.1, 0.15) is 240 Å². The SMILES string of the molecule is CCCCCCCCCCOC(=O)CC[S][Sn]([CH2]CCCCCCC)([S]CCC(=O)OCCCCCCCCCC)[S]CCC(=O)OCCCCCCCCCC. The van der Waals surface area contributed by atoms with E-state index in [4.69, 9.17) is 14.2 Å². The predicted molar refractivity (Wildman–Crippen MR) is 256 cm³/mol. The van der Waals surface area contributed by atoms with E-state index < -0.39 is 14.2 Å². The number of esters is 3. The second-order valence-corrected chi connectivity index (χ2v) is 50.1. The van der Waals surface area contributed by atoms with Gasteiger partial charge in [-0.05, 0) is 0 Å². The summed E-state index contributed by atoms with van der Waals surface area (Å²) in [7, 11) is 6.07. The fourth-order valence-corrected chi connectivity index (χ4v) is 45.6. The fraction of sp³-hybridized carbons (Fsp3) is 0.936. The third-order valence-electron chi connectivity index (χ3n) is 10.5. The van der Waals surface area contributed by atoms with Gasteiger partial charge in [-0.1, -0.05) is 59.3 Å². The summed E-state index contributed by atoms with van der Waals surface area (Å²) in [5.41, 5.74) is 0. The first-order chi connectivity index (χ1) is 27.9. The molecule has 0 aliphatic carbocycles. The van der Waals surface area contributed by atoms with Crippen molar-refractivity contribution in [2.24, 2.45) is 0 Å². The van der Waals surface area contributed by atoms with Crippen molar-refractivity contribution in [1.29, 1.82) is 0 Å². The van der Waals surface area contributed by atoms with Gasteiger partial charge in [-0.3, -0.25) is 0 Å². The van der Waals surface area contributed by atoms with Gasteiger partial charge in [0.2, 0.25) is 0 Å². The molecule has 0 fully saturated rings. The number of ether oxygens (including phenoxy) is 3. The summed E-state index contributed by atoms with van der Waals surface area (Å²) in [5, 5.41) is 0. The summed E-state index contributed by atoms with van der Waals surface area (Å²) in [6.07, 6.45) is 38.2. The fourth-order valence-electron chi connectivity index (χ4n) is 6.82. The molecule has 0 radical (unpaired) electrons. The monoisotopic (exact) mass is 969 g/mol. The average Bonchev–Trinajstić information content (AvgIpc) is 3.20.